The van der Waals surface area contributed by atoms with Gasteiger partial charge in [0, 0.05) is 19.2 Å². The summed E-state index contributed by atoms with van der Waals surface area (Å²) < 4.78 is 0. The van der Waals surface area contributed by atoms with E-state index in [1.165, 1.54) is 0 Å². The number of hydrazone groups is 1. The van der Waals surface area contributed by atoms with E-state index in [0.29, 0.717) is 0 Å². The Bertz CT molecular complexity index is 153. The van der Waals surface area contributed by atoms with Crippen LogP contribution in [0, 0.1) is 22.7 Å². The van der Waals surface area contributed by atoms with E-state index in [9.17, 15) is 0 Å². The SMILES string of the molecule is C1=NNCC1.N#CCC#N. The Kier molecular flexibility index (Phi) is 6.30. The van der Waals surface area contributed by atoms with Gasteiger partial charge in [-0.1, -0.05) is 0 Å². The van der Waals surface area contributed by atoms with Crippen molar-refractivity contribution in [2.24, 2.45) is 5.10 Å². The molecule has 0 atom stereocenters. The molecule has 0 saturated carbocycles. The fraction of sp³-hybridized carbons (Fsp3) is 0.500. The van der Waals surface area contributed by atoms with Crippen LogP contribution in [0.4, 0.5) is 0 Å². The highest BCUT2D eigenvalue weighted by molar-refractivity contribution is 5.58. The molecule has 0 amide bonds. The van der Waals surface area contributed by atoms with Gasteiger partial charge in [-0.3, -0.25) is 0 Å². The van der Waals surface area contributed by atoms with Crippen LogP contribution in [-0.4, -0.2) is 12.8 Å². The number of nitrogens with zero attached hydrogens (tertiary/aromatic N) is 3. The zero-order valence-corrected chi connectivity index (χ0v) is 5.54. The molecule has 0 aliphatic carbocycles. The van der Waals surface area contributed by atoms with Crippen LogP contribution in [0.25, 0.3) is 0 Å². The molecule has 0 radical (unpaired) electrons. The van der Waals surface area contributed by atoms with Crippen LogP contribution in [0.15, 0.2) is 5.10 Å². The third-order valence-electron chi connectivity index (χ3n) is 0.726. The van der Waals surface area contributed by atoms with Gasteiger partial charge in [-0.25, -0.2) is 0 Å². The minimum Gasteiger partial charge on any atom is -0.310 e. The fourth-order valence-electron chi connectivity index (χ4n) is 0.358. The molecule has 0 bridgehead atoms. The highest BCUT2D eigenvalue weighted by atomic mass is 15.3. The van der Waals surface area contributed by atoms with Crippen molar-refractivity contribution in [2.45, 2.75) is 12.8 Å². The van der Waals surface area contributed by atoms with Crippen LogP contribution >= 0.6 is 0 Å². The largest absolute Gasteiger partial charge is 0.310 e. The first-order valence-corrected chi connectivity index (χ1v) is 2.90. The Labute approximate surface area is 59.8 Å². The average Bonchev–Trinajstić information content (AvgIpc) is 2.44. The Balaban J connectivity index is 0.000000162. The van der Waals surface area contributed by atoms with E-state index in [1.807, 2.05) is 6.21 Å². The summed E-state index contributed by atoms with van der Waals surface area (Å²) in [7, 11) is 0. The lowest BCUT2D eigenvalue weighted by Gasteiger charge is -1.76. The summed E-state index contributed by atoms with van der Waals surface area (Å²) in [6.45, 7) is 1.03. The van der Waals surface area contributed by atoms with Crippen molar-refractivity contribution >= 4 is 6.21 Å². The van der Waals surface area contributed by atoms with Gasteiger partial charge in [-0.2, -0.15) is 15.6 Å². The van der Waals surface area contributed by atoms with E-state index in [1.54, 1.807) is 12.1 Å². The molecule has 0 saturated heterocycles. The summed E-state index contributed by atoms with van der Waals surface area (Å²) in [4.78, 5) is 0. The van der Waals surface area contributed by atoms with Gasteiger partial charge in [0.25, 0.3) is 0 Å². The number of rotatable bonds is 0. The van der Waals surface area contributed by atoms with E-state index in [4.69, 9.17) is 10.5 Å². The van der Waals surface area contributed by atoms with E-state index in [-0.39, 0.29) is 6.42 Å². The third kappa shape index (κ3) is 6.45. The molecule has 4 heteroatoms. The second-order valence-electron chi connectivity index (χ2n) is 1.50. The molecule has 1 aliphatic rings. The van der Waals surface area contributed by atoms with E-state index >= 15 is 0 Å². The number of nitriles is 2. The van der Waals surface area contributed by atoms with Crippen molar-refractivity contribution in [1.29, 1.82) is 10.5 Å². The van der Waals surface area contributed by atoms with Gasteiger partial charge in [0.1, 0.15) is 6.42 Å². The molecular weight excluding hydrogens is 128 g/mol. The van der Waals surface area contributed by atoms with E-state index < -0.39 is 0 Å². The molecule has 0 aromatic heterocycles. The molecule has 1 rings (SSSR count). The summed E-state index contributed by atoms with van der Waals surface area (Å²) in [6.07, 6.45) is 2.97. The van der Waals surface area contributed by atoms with Crippen LogP contribution in [0.3, 0.4) is 0 Å². The highest BCUT2D eigenvalue weighted by Gasteiger charge is 1.83. The lowest BCUT2D eigenvalue weighted by atomic mass is 10.5. The maximum absolute atomic E-state index is 7.59. The molecule has 1 heterocycles. The molecule has 10 heavy (non-hydrogen) atoms. The summed E-state index contributed by atoms with van der Waals surface area (Å²) >= 11 is 0. The van der Waals surface area contributed by atoms with Crippen LogP contribution < -0.4 is 5.43 Å². The lowest BCUT2D eigenvalue weighted by Crippen LogP contribution is -1.96. The van der Waals surface area contributed by atoms with E-state index in [2.05, 4.69) is 10.5 Å². The van der Waals surface area contributed by atoms with E-state index in [0.717, 1.165) is 13.0 Å². The molecule has 0 aromatic rings. The fourth-order valence-corrected chi connectivity index (χ4v) is 0.358. The number of hydrogen-bond donors (Lipinski definition) is 1. The zero-order valence-electron chi connectivity index (χ0n) is 5.54. The minimum absolute atomic E-state index is 0. The van der Waals surface area contributed by atoms with Crippen molar-refractivity contribution < 1.29 is 0 Å². The van der Waals surface area contributed by atoms with Crippen molar-refractivity contribution in [1.82, 2.24) is 5.43 Å². The predicted molar refractivity (Wildman–Crippen MR) is 37.0 cm³/mol. The Hall–Kier alpha value is -1.55. The van der Waals surface area contributed by atoms with Gasteiger partial charge in [0.05, 0.1) is 12.1 Å². The molecular formula is C6H8N4. The van der Waals surface area contributed by atoms with Crippen LogP contribution in [0.2, 0.25) is 0 Å². The van der Waals surface area contributed by atoms with Gasteiger partial charge in [0.2, 0.25) is 0 Å². The van der Waals surface area contributed by atoms with Crippen molar-refractivity contribution in [2.75, 3.05) is 6.54 Å². The predicted octanol–water partition coefficient (Wildman–Crippen LogP) is 0.389. The zero-order chi connectivity index (χ0) is 7.66. The number of nitrogens with one attached hydrogen (secondary N) is 1. The summed E-state index contributed by atoms with van der Waals surface area (Å²) in [5.74, 6) is 0. The topological polar surface area (TPSA) is 72.0 Å². The molecule has 0 unspecified atom stereocenters. The van der Waals surface area contributed by atoms with Gasteiger partial charge >= 0.3 is 0 Å². The first kappa shape index (κ1) is 8.45. The second kappa shape index (κ2) is 7.45. The third-order valence-corrected chi connectivity index (χ3v) is 0.726. The van der Waals surface area contributed by atoms with Gasteiger partial charge in [-0.15, -0.1) is 0 Å². The quantitative estimate of drug-likeness (QED) is 0.523. The minimum atomic E-state index is 0. The molecule has 0 spiro atoms. The Morgan fingerprint density at radius 2 is 2.20 bits per heavy atom. The highest BCUT2D eigenvalue weighted by Crippen LogP contribution is 1.75. The van der Waals surface area contributed by atoms with Crippen LogP contribution in [-0.2, 0) is 0 Å². The average molecular weight is 136 g/mol. The Morgan fingerprint density at radius 3 is 2.30 bits per heavy atom. The molecule has 52 valence electrons. The molecule has 4 nitrogen and oxygen atoms in total. The monoisotopic (exact) mass is 136 g/mol. The second-order valence-corrected chi connectivity index (χ2v) is 1.50. The standard InChI is InChI=1S/C3H6N2.C3H2N2/c1-2-4-5-3-1;4-2-1-3-5/h2,5H,1,3H2;1H2. The summed E-state index contributed by atoms with van der Waals surface area (Å²) in [6, 6.07) is 3.31. The molecule has 1 N–H and O–H groups in total. The molecule has 0 fully saturated rings. The molecule has 0 aromatic carbocycles. The first-order valence-electron chi connectivity index (χ1n) is 2.90. The van der Waals surface area contributed by atoms with Gasteiger partial charge in [0.15, 0.2) is 0 Å². The smallest absolute Gasteiger partial charge is 0.122 e. The summed E-state index contributed by atoms with van der Waals surface area (Å²) in [5, 5.41) is 18.9. The first-order chi connectivity index (χ1) is 4.91. The normalized spacial score (nSPS) is 11.8. The Morgan fingerprint density at radius 1 is 1.50 bits per heavy atom. The molecule has 1 aliphatic heterocycles. The number of hydrogen-bond acceptors (Lipinski definition) is 4. The lowest BCUT2D eigenvalue weighted by molar-refractivity contribution is 0.813. The van der Waals surface area contributed by atoms with Crippen molar-refractivity contribution in [3.05, 3.63) is 0 Å². The van der Waals surface area contributed by atoms with Crippen LogP contribution in [0.5, 0.6) is 0 Å². The summed E-state index contributed by atoms with van der Waals surface area (Å²) in [5.41, 5.74) is 2.79. The van der Waals surface area contributed by atoms with Crippen molar-refractivity contribution in [3.8, 4) is 12.1 Å². The maximum Gasteiger partial charge on any atom is 0.122 e. The van der Waals surface area contributed by atoms with Crippen LogP contribution in [0.1, 0.15) is 12.8 Å². The van der Waals surface area contributed by atoms with Gasteiger partial charge in [-0.05, 0) is 0 Å². The van der Waals surface area contributed by atoms with Crippen molar-refractivity contribution in [3.63, 3.8) is 0 Å². The maximum atomic E-state index is 7.59. The van der Waals surface area contributed by atoms with Gasteiger partial charge < -0.3 is 5.43 Å².